The van der Waals surface area contributed by atoms with E-state index in [0.717, 1.165) is 10.4 Å². The molecule has 1 aromatic rings. The minimum Gasteiger partial charge on any atom is -0.342 e. The van der Waals surface area contributed by atoms with Crippen molar-refractivity contribution < 1.29 is 17.6 Å². The van der Waals surface area contributed by atoms with Gasteiger partial charge in [0.25, 0.3) is 0 Å². The average molecular weight is 302 g/mol. The van der Waals surface area contributed by atoms with Crippen molar-refractivity contribution in [1.82, 2.24) is 9.21 Å². The van der Waals surface area contributed by atoms with Crippen LogP contribution in [0, 0.1) is 5.82 Å². The fourth-order valence-electron chi connectivity index (χ4n) is 1.77. The van der Waals surface area contributed by atoms with Crippen LogP contribution in [0.15, 0.2) is 29.2 Å². The summed E-state index contributed by atoms with van der Waals surface area (Å²) < 4.78 is 38.8. The Morgan fingerprint density at radius 1 is 1.20 bits per heavy atom. The molecular weight excluding hydrogens is 283 g/mol. The molecule has 0 aliphatic heterocycles. The van der Waals surface area contributed by atoms with E-state index in [0.29, 0.717) is 13.1 Å². The van der Waals surface area contributed by atoms with E-state index in [-0.39, 0.29) is 12.5 Å². The highest BCUT2D eigenvalue weighted by Gasteiger charge is 2.26. The largest absolute Gasteiger partial charge is 0.342 e. The maximum atomic E-state index is 13.6. The highest BCUT2D eigenvalue weighted by atomic mass is 32.2. The Morgan fingerprint density at radius 2 is 1.75 bits per heavy atom. The SMILES string of the molecule is CCN(CC)C(=O)CN(C)S(=O)(=O)c1ccccc1F. The molecule has 0 aliphatic rings. The van der Waals surface area contributed by atoms with Crippen LogP contribution in [-0.2, 0) is 14.8 Å². The lowest BCUT2D eigenvalue weighted by Gasteiger charge is -2.23. The van der Waals surface area contributed by atoms with Gasteiger partial charge in [-0.1, -0.05) is 12.1 Å². The van der Waals surface area contributed by atoms with Gasteiger partial charge in [0.1, 0.15) is 10.7 Å². The van der Waals surface area contributed by atoms with E-state index in [9.17, 15) is 17.6 Å². The maximum absolute atomic E-state index is 13.6. The van der Waals surface area contributed by atoms with Crippen LogP contribution in [0.25, 0.3) is 0 Å². The molecule has 0 fully saturated rings. The van der Waals surface area contributed by atoms with E-state index >= 15 is 0 Å². The summed E-state index contributed by atoms with van der Waals surface area (Å²) in [4.78, 5) is 13.0. The molecule has 112 valence electrons. The Kier molecular flexibility index (Phi) is 5.64. The molecule has 0 bridgehead atoms. The fourth-order valence-corrected chi connectivity index (χ4v) is 2.95. The lowest BCUT2D eigenvalue weighted by Crippen LogP contribution is -2.41. The van der Waals surface area contributed by atoms with Crippen molar-refractivity contribution in [2.45, 2.75) is 18.7 Å². The Balaban J connectivity index is 2.94. The maximum Gasteiger partial charge on any atom is 0.246 e. The van der Waals surface area contributed by atoms with Crippen LogP contribution in [0.1, 0.15) is 13.8 Å². The molecule has 0 saturated heterocycles. The number of amides is 1. The van der Waals surface area contributed by atoms with E-state index < -0.39 is 20.7 Å². The number of carbonyl (C=O) groups excluding carboxylic acids is 1. The molecule has 0 aromatic heterocycles. The van der Waals surface area contributed by atoms with Crippen LogP contribution in [0.2, 0.25) is 0 Å². The zero-order valence-corrected chi connectivity index (χ0v) is 12.7. The van der Waals surface area contributed by atoms with Crippen LogP contribution in [0.5, 0.6) is 0 Å². The summed E-state index contributed by atoms with van der Waals surface area (Å²) in [5.41, 5.74) is 0. The summed E-state index contributed by atoms with van der Waals surface area (Å²) in [6.07, 6.45) is 0. The quantitative estimate of drug-likeness (QED) is 0.796. The number of sulfonamides is 1. The number of hydrogen-bond acceptors (Lipinski definition) is 3. The van der Waals surface area contributed by atoms with Crippen molar-refractivity contribution in [3.05, 3.63) is 30.1 Å². The van der Waals surface area contributed by atoms with Crippen molar-refractivity contribution in [3.63, 3.8) is 0 Å². The first-order chi connectivity index (χ1) is 9.34. The third-order valence-electron chi connectivity index (χ3n) is 3.00. The minimum atomic E-state index is -4.00. The molecular formula is C13H19FN2O3S. The van der Waals surface area contributed by atoms with E-state index in [1.807, 2.05) is 13.8 Å². The molecule has 5 nitrogen and oxygen atoms in total. The first-order valence-corrected chi connectivity index (χ1v) is 7.77. The number of halogens is 1. The first-order valence-electron chi connectivity index (χ1n) is 6.33. The molecule has 0 unspecified atom stereocenters. The number of nitrogens with zero attached hydrogens (tertiary/aromatic N) is 2. The van der Waals surface area contributed by atoms with E-state index in [4.69, 9.17) is 0 Å². The Labute approximate surface area is 119 Å². The smallest absolute Gasteiger partial charge is 0.246 e. The van der Waals surface area contributed by atoms with Gasteiger partial charge in [-0.2, -0.15) is 4.31 Å². The second-order valence-electron chi connectivity index (χ2n) is 4.26. The molecule has 0 aliphatic carbocycles. The number of likely N-dealkylation sites (N-methyl/N-ethyl adjacent to an activating group) is 2. The van der Waals surface area contributed by atoms with Gasteiger partial charge in [-0.25, -0.2) is 12.8 Å². The van der Waals surface area contributed by atoms with Crippen molar-refractivity contribution in [1.29, 1.82) is 0 Å². The zero-order valence-electron chi connectivity index (χ0n) is 11.8. The number of rotatable bonds is 6. The Morgan fingerprint density at radius 3 is 2.25 bits per heavy atom. The predicted molar refractivity (Wildman–Crippen MR) is 74.1 cm³/mol. The summed E-state index contributed by atoms with van der Waals surface area (Å²) in [5, 5.41) is 0. The van der Waals surface area contributed by atoms with Gasteiger partial charge in [0, 0.05) is 20.1 Å². The van der Waals surface area contributed by atoms with Crippen molar-refractivity contribution in [3.8, 4) is 0 Å². The van der Waals surface area contributed by atoms with Crippen LogP contribution in [0.3, 0.4) is 0 Å². The fraction of sp³-hybridized carbons (Fsp3) is 0.462. The first kappa shape index (κ1) is 16.6. The molecule has 0 atom stereocenters. The molecule has 20 heavy (non-hydrogen) atoms. The van der Waals surface area contributed by atoms with Crippen LogP contribution >= 0.6 is 0 Å². The second-order valence-corrected chi connectivity index (χ2v) is 6.27. The van der Waals surface area contributed by atoms with Gasteiger partial charge in [0.15, 0.2) is 0 Å². The molecule has 0 saturated carbocycles. The topological polar surface area (TPSA) is 57.7 Å². The summed E-state index contributed by atoms with van der Waals surface area (Å²) in [6, 6.07) is 5.11. The summed E-state index contributed by atoms with van der Waals surface area (Å²) in [5.74, 6) is -1.13. The third kappa shape index (κ3) is 3.55. The molecule has 0 heterocycles. The number of hydrogen-bond donors (Lipinski definition) is 0. The Bertz CT molecular complexity index is 571. The molecule has 7 heteroatoms. The van der Waals surface area contributed by atoms with Crippen LogP contribution in [0.4, 0.5) is 4.39 Å². The second kappa shape index (κ2) is 6.81. The van der Waals surface area contributed by atoms with Crippen molar-refractivity contribution in [2.75, 3.05) is 26.7 Å². The van der Waals surface area contributed by atoms with E-state index in [2.05, 4.69) is 0 Å². The highest BCUT2D eigenvalue weighted by Crippen LogP contribution is 2.17. The normalized spacial score (nSPS) is 11.7. The molecule has 0 N–H and O–H groups in total. The molecule has 0 radical (unpaired) electrons. The summed E-state index contributed by atoms with van der Waals surface area (Å²) in [6.45, 7) is 4.32. The minimum absolute atomic E-state index is 0.307. The molecule has 1 amide bonds. The molecule has 1 rings (SSSR count). The van der Waals surface area contributed by atoms with Gasteiger partial charge < -0.3 is 4.90 Å². The van der Waals surface area contributed by atoms with Gasteiger partial charge >= 0.3 is 0 Å². The Hall–Kier alpha value is -1.47. The van der Waals surface area contributed by atoms with Gasteiger partial charge in [0.05, 0.1) is 6.54 Å². The van der Waals surface area contributed by atoms with Crippen LogP contribution < -0.4 is 0 Å². The van der Waals surface area contributed by atoms with Gasteiger partial charge in [-0.15, -0.1) is 0 Å². The standard InChI is InChI=1S/C13H19FN2O3S/c1-4-16(5-2)13(17)10-15(3)20(18,19)12-9-7-6-8-11(12)14/h6-9H,4-5,10H2,1-3H3. The monoisotopic (exact) mass is 302 g/mol. The van der Waals surface area contributed by atoms with Crippen molar-refractivity contribution >= 4 is 15.9 Å². The third-order valence-corrected chi connectivity index (χ3v) is 4.84. The van der Waals surface area contributed by atoms with Crippen molar-refractivity contribution in [2.24, 2.45) is 0 Å². The lowest BCUT2D eigenvalue weighted by atomic mass is 10.4. The van der Waals surface area contributed by atoms with Gasteiger partial charge in [-0.05, 0) is 26.0 Å². The predicted octanol–water partition coefficient (Wildman–Crippen LogP) is 1.31. The van der Waals surface area contributed by atoms with Crippen LogP contribution in [-0.4, -0.2) is 50.2 Å². The van der Waals surface area contributed by atoms with Gasteiger partial charge in [0.2, 0.25) is 15.9 Å². The van der Waals surface area contributed by atoms with E-state index in [1.165, 1.54) is 30.1 Å². The average Bonchev–Trinajstić information content (AvgIpc) is 2.40. The number of carbonyl (C=O) groups is 1. The summed E-state index contributed by atoms with van der Waals surface area (Å²) >= 11 is 0. The molecule has 1 aromatic carbocycles. The number of benzene rings is 1. The zero-order chi connectivity index (χ0) is 15.3. The lowest BCUT2D eigenvalue weighted by molar-refractivity contribution is -0.130. The van der Waals surface area contributed by atoms with Gasteiger partial charge in [-0.3, -0.25) is 4.79 Å². The van der Waals surface area contributed by atoms with E-state index in [1.54, 1.807) is 0 Å². The summed E-state index contributed by atoms with van der Waals surface area (Å²) in [7, 11) is -2.74. The molecule has 0 spiro atoms. The highest BCUT2D eigenvalue weighted by molar-refractivity contribution is 7.89.